The fraction of sp³-hybridized carbons (Fsp3) is 0.222. The topological polar surface area (TPSA) is 40.6 Å². The van der Waals surface area contributed by atoms with Gasteiger partial charge in [0.05, 0.1) is 5.56 Å². The summed E-state index contributed by atoms with van der Waals surface area (Å²) in [5, 5.41) is 0. The first kappa shape index (κ1) is 16.1. The minimum atomic E-state index is -0.746. The van der Waals surface area contributed by atoms with E-state index in [0.717, 1.165) is 18.2 Å². The molecule has 0 bridgehead atoms. The molecule has 2 aromatic carbocycles. The molecule has 2 aromatic rings. The predicted molar refractivity (Wildman–Crippen MR) is 84.6 cm³/mol. The molecular weight excluding hydrogens is 314 g/mol. The third kappa shape index (κ3) is 3.27. The third-order valence-electron chi connectivity index (χ3n) is 4.03. The molecule has 24 heavy (non-hydrogen) atoms. The van der Waals surface area contributed by atoms with Crippen LogP contribution in [0.15, 0.2) is 48.5 Å². The van der Waals surface area contributed by atoms with E-state index in [1.165, 1.54) is 4.90 Å². The van der Waals surface area contributed by atoms with Crippen LogP contribution in [-0.2, 0) is 0 Å². The second-order valence-corrected chi connectivity index (χ2v) is 5.57. The van der Waals surface area contributed by atoms with E-state index in [-0.39, 0.29) is 24.6 Å². The van der Waals surface area contributed by atoms with E-state index in [9.17, 15) is 18.4 Å². The summed E-state index contributed by atoms with van der Waals surface area (Å²) in [6.07, 6.45) is 0. The maximum atomic E-state index is 13.7. The lowest BCUT2D eigenvalue weighted by atomic mass is 10.1. The summed E-state index contributed by atoms with van der Waals surface area (Å²) in [4.78, 5) is 27.8. The highest BCUT2D eigenvalue weighted by Gasteiger charge is 2.26. The van der Waals surface area contributed by atoms with Gasteiger partial charge >= 0.3 is 0 Å². The van der Waals surface area contributed by atoms with Gasteiger partial charge in [0, 0.05) is 31.7 Å². The fourth-order valence-corrected chi connectivity index (χ4v) is 2.71. The van der Waals surface area contributed by atoms with Crippen molar-refractivity contribution in [3.8, 4) is 0 Å². The Balaban J connectivity index is 1.66. The Morgan fingerprint density at radius 1 is 0.792 bits per heavy atom. The summed E-state index contributed by atoms with van der Waals surface area (Å²) in [6, 6.07) is 11.7. The molecule has 2 amide bonds. The molecule has 1 saturated heterocycles. The number of hydrogen-bond donors (Lipinski definition) is 0. The van der Waals surface area contributed by atoms with Crippen LogP contribution in [0, 0.1) is 11.6 Å². The van der Waals surface area contributed by atoms with Crippen LogP contribution in [0.2, 0.25) is 0 Å². The predicted octanol–water partition coefficient (Wildman–Crippen LogP) is 2.56. The SMILES string of the molecule is O=C(c1ccccc1)N1CCN(C(=O)c2cc(F)ccc2F)CC1. The van der Waals surface area contributed by atoms with E-state index in [0.29, 0.717) is 18.7 Å². The first-order valence-electron chi connectivity index (χ1n) is 7.65. The van der Waals surface area contributed by atoms with Crippen LogP contribution in [0.1, 0.15) is 20.7 Å². The Hall–Kier alpha value is -2.76. The summed E-state index contributed by atoms with van der Waals surface area (Å²) < 4.78 is 27.0. The van der Waals surface area contributed by atoms with E-state index < -0.39 is 17.5 Å². The van der Waals surface area contributed by atoms with Crippen molar-refractivity contribution < 1.29 is 18.4 Å². The first-order chi connectivity index (χ1) is 11.6. The van der Waals surface area contributed by atoms with E-state index in [4.69, 9.17) is 0 Å². The maximum absolute atomic E-state index is 13.7. The van der Waals surface area contributed by atoms with Gasteiger partial charge in [-0.1, -0.05) is 18.2 Å². The van der Waals surface area contributed by atoms with Gasteiger partial charge in [-0.3, -0.25) is 9.59 Å². The maximum Gasteiger partial charge on any atom is 0.257 e. The van der Waals surface area contributed by atoms with Crippen molar-refractivity contribution >= 4 is 11.8 Å². The average molecular weight is 330 g/mol. The van der Waals surface area contributed by atoms with E-state index in [1.54, 1.807) is 29.2 Å². The van der Waals surface area contributed by atoms with E-state index in [1.807, 2.05) is 6.07 Å². The smallest absolute Gasteiger partial charge is 0.257 e. The molecule has 0 aromatic heterocycles. The summed E-state index contributed by atoms with van der Waals surface area (Å²) in [7, 11) is 0. The van der Waals surface area contributed by atoms with Gasteiger partial charge in [-0.15, -0.1) is 0 Å². The molecular formula is C18H16F2N2O2. The van der Waals surface area contributed by atoms with Gasteiger partial charge in [-0.25, -0.2) is 8.78 Å². The van der Waals surface area contributed by atoms with Crippen molar-refractivity contribution in [2.75, 3.05) is 26.2 Å². The lowest BCUT2D eigenvalue weighted by Gasteiger charge is -2.35. The normalized spacial score (nSPS) is 14.6. The minimum absolute atomic E-state index is 0.0976. The van der Waals surface area contributed by atoms with Gasteiger partial charge < -0.3 is 9.80 Å². The highest BCUT2D eigenvalue weighted by molar-refractivity contribution is 5.96. The van der Waals surface area contributed by atoms with Crippen molar-refractivity contribution in [3.05, 3.63) is 71.3 Å². The molecule has 0 unspecified atom stereocenters. The second-order valence-electron chi connectivity index (χ2n) is 5.57. The summed E-state index contributed by atoms with van der Waals surface area (Å²) in [6.45, 7) is 1.29. The molecule has 6 heteroatoms. The average Bonchev–Trinajstić information content (AvgIpc) is 2.63. The Morgan fingerprint density at radius 3 is 2.00 bits per heavy atom. The van der Waals surface area contributed by atoms with Crippen LogP contribution >= 0.6 is 0 Å². The molecule has 124 valence electrons. The molecule has 1 heterocycles. The molecule has 0 spiro atoms. The van der Waals surface area contributed by atoms with Crippen molar-refractivity contribution in [1.82, 2.24) is 9.80 Å². The van der Waals surface area contributed by atoms with Crippen molar-refractivity contribution in [2.45, 2.75) is 0 Å². The summed E-state index contributed by atoms with van der Waals surface area (Å²) in [5.74, 6) is -2.06. The summed E-state index contributed by atoms with van der Waals surface area (Å²) >= 11 is 0. The zero-order valence-corrected chi connectivity index (χ0v) is 12.9. The Bertz CT molecular complexity index is 757. The molecule has 1 aliphatic heterocycles. The zero-order valence-electron chi connectivity index (χ0n) is 12.9. The van der Waals surface area contributed by atoms with Crippen molar-refractivity contribution in [2.24, 2.45) is 0 Å². The molecule has 0 N–H and O–H groups in total. The largest absolute Gasteiger partial charge is 0.335 e. The van der Waals surface area contributed by atoms with Crippen LogP contribution in [0.4, 0.5) is 8.78 Å². The van der Waals surface area contributed by atoms with Crippen LogP contribution in [0.25, 0.3) is 0 Å². The van der Waals surface area contributed by atoms with Gasteiger partial charge in [0.2, 0.25) is 0 Å². The van der Waals surface area contributed by atoms with Gasteiger partial charge in [-0.2, -0.15) is 0 Å². The fourth-order valence-electron chi connectivity index (χ4n) is 2.71. The number of carbonyl (C=O) groups is 2. The Labute approximate surface area is 138 Å². The summed E-state index contributed by atoms with van der Waals surface area (Å²) in [5.41, 5.74) is 0.311. The van der Waals surface area contributed by atoms with Crippen LogP contribution in [0.3, 0.4) is 0 Å². The van der Waals surface area contributed by atoms with Crippen molar-refractivity contribution in [1.29, 1.82) is 0 Å². The standard InChI is InChI=1S/C18H16F2N2O2/c19-14-6-7-16(20)15(12-14)18(24)22-10-8-21(9-11-22)17(23)13-4-2-1-3-5-13/h1-7,12H,8-11H2. The molecule has 0 radical (unpaired) electrons. The molecule has 1 fully saturated rings. The number of benzene rings is 2. The molecule has 0 aliphatic carbocycles. The van der Waals surface area contributed by atoms with Gasteiger partial charge in [0.25, 0.3) is 11.8 Å². The Kier molecular flexibility index (Phi) is 4.55. The number of halogens is 2. The quantitative estimate of drug-likeness (QED) is 0.849. The van der Waals surface area contributed by atoms with Crippen LogP contribution in [0.5, 0.6) is 0 Å². The lowest BCUT2D eigenvalue weighted by Crippen LogP contribution is -2.50. The van der Waals surface area contributed by atoms with Gasteiger partial charge in [-0.05, 0) is 30.3 Å². The number of hydrogen-bond acceptors (Lipinski definition) is 2. The number of amides is 2. The highest BCUT2D eigenvalue weighted by atomic mass is 19.1. The van der Waals surface area contributed by atoms with Crippen LogP contribution < -0.4 is 0 Å². The minimum Gasteiger partial charge on any atom is -0.335 e. The molecule has 0 saturated carbocycles. The molecule has 4 nitrogen and oxygen atoms in total. The molecule has 1 aliphatic rings. The third-order valence-corrected chi connectivity index (χ3v) is 4.03. The van der Waals surface area contributed by atoms with Crippen molar-refractivity contribution in [3.63, 3.8) is 0 Å². The van der Waals surface area contributed by atoms with E-state index in [2.05, 4.69) is 0 Å². The van der Waals surface area contributed by atoms with Gasteiger partial charge in [0.15, 0.2) is 0 Å². The van der Waals surface area contributed by atoms with Crippen LogP contribution in [-0.4, -0.2) is 47.8 Å². The second kappa shape index (κ2) is 6.78. The monoisotopic (exact) mass is 330 g/mol. The number of piperazine rings is 1. The van der Waals surface area contributed by atoms with Gasteiger partial charge in [0.1, 0.15) is 11.6 Å². The molecule has 3 rings (SSSR count). The zero-order chi connectivity index (χ0) is 17.1. The lowest BCUT2D eigenvalue weighted by molar-refractivity contribution is 0.0532. The first-order valence-corrected chi connectivity index (χ1v) is 7.65. The highest BCUT2D eigenvalue weighted by Crippen LogP contribution is 2.15. The molecule has 0 atom stereocenters. The number of rotatable bonds is 2. The van der Waals surface area contributed by atoms with E-state index >= 15 is 0 Å². The Morgan fingerprint density at radius 2 is 1.38 bits per heavy atom. The number of carbonyl (C=O) groups excluding carboxylic acids is 2. The number of nitrogens with zero attached hydrogens (tertiary/aromatic N) is 2.